The monoisotopic (exact) mass is 426 g/mol. The topological polar surface area (TPSA) is 75.7 Å². The molecule has 0 aromatic heterocycles. The van der Waals surface area contributed by atoms with Crippen molar-refractivity contribution in [2.45, 2.75) is 26.3 Å². The van der Waals surface area contributed by atoms with Crippen LogP contribution in [-0.2, 0) is 14.8 Å². The predicted octanol–water partition coefficient (Wildman–Crippen LogP) is 3.32. The molecule has 0 aliphatic rings. The van der Waals surface area contributed by atoms with E-state index in [2.05, 4.69) is 5.32 Å². The summed E-state index contributed by atoms with van der Waals surface area (Å²) in [4.78, 5) is 12.6. The van der Waals surface area contributed by atoms with Crippen molar-refractivity contribution in [1.29, 1.82) is 0 Å². The quantitative estimate of drug-likeness (QED) is 0.703. The van der Waals surface area contributed by atoms with E-state index in [0.717, 1.165) is 45.6 Å². The highest BCUT2D eigenvalue weighted by Gasteiger charge is 2.23. The van der Waals surface area contributed by atoms with Gasteiger partial charge in [-0.15, -0.1) is 0 Å². The first-order chi connectivity index (χ1) is 13.6. The number of hydrogen-bond acceptors (Lipinski definition) is 4. The Morgan fingerprint density at radius 2 is 1.86 bits per heavy atom. The van der Waals surface area contributed by atoms with E-state index in [0.29, 0.717) is 6.42 Å². The van der Waals surface area contributed by atoms with Crippen LogP contribution in [0.15, 0.2) is 36.4 Å². The van der Waals surface area contributed by atoms with Gasteiger partial charge in [0.2, 0.25) is 15.9 Å². The first-order valence-corrected chi connectivity index (χ1v) is 10.8. The summed E-state index contributed by atoms with van der Waals surface area (Å²) in [6.45, 7) is 3.20. The van der Waals surface area contributed by atoms with E-state index in [-0.39, 0.29) is 11.7 Å². The van der Waals surface area contributed by atoms with Gasteiger partial charge in [-0.05, 0) is 42.7 Å². The Morgan fingerprint density at radius 3 is 2.38 bits per heavy atom. The van der Waals surface area contributed by atoms with Gasteiger partial charge in [-0.2, -0.15) is 0 Å². The third-order valence-corrected chi connectivity index (χ3v) is 5.58. The molecule has 0 heterocycles. The molecule has 0 radical (unpaired) electrons. The first-order valence-electron chi connectivity index (χ1n) is 8.93. The fourth-order valence-corrected chi connectivity index (χ4v) is 3.80. The lowest BCUT2D eigenvalue weighted by Crippen LogP contribution is -2.41. The van der Waals surface area contributed by atoms with Crippen molar-refractivity contribution in [2.75, 3.05) is 24.2 Å². The number of carbonyl (C=O) groups is 1. The average Bonchev–Trinajstić information content (AvgIpc) is 2.65. The molecule has 1 atom stereocenters. The molecule has 0 spiro atoms. The van der Waals surface area contributed by atoms with Crippen LogP contribution in [0.5, 0.6) is 5.75 Å². The van der Waals surface area contributed by atoms with E-state index in [4.69, 9.17) is 4.74 Å². The SMILES string of the molecule is CC[C@H](NC(=O)CN(c1ccc(F)c(F)c1)S(C)(=O)=O)c1ccc(OC)c(C)c1. The van der Waals surface area contributed by atoms with Gasteiger partial charge in [0.1, 0.15) is 12.3 Å². The summed E-state index contributed by atoms with van der Waals surface area (Å²) < 4.78 is 56.9. The van der Waals surface area contributed by atoms with Gasteiger partial charge in [-0.3, -0.25) is 9.10 Å². The Morgan fingerprint density at radius 1 is 1.17 bits per heavy atom. The fraction of sp³-hybridized carbons (Fsp3) is 0.350. The number of anilines is 1. The summed E-state index contributed by atoms with van der Waals surface area (Å²) in [5, 5.41) is 2.79. The number of carbonyl (C=O) groups excluding carboxylic acids is 1. The number of hydrogen-bond donors (Lipinski definition) is 1. The van der Waals surface area contributed by atoms with Crippen LogP contribution in [0.2, 0.25) is 0 Å². The van der Waals surface area contributed by atoms with Crippen molar-refractivity contribution in [1.82, 2.24) is 5.32 Å². The van der Waals surface area contributed by atoms with Crippen LogP contribution in [0.4, 0.5) is 14.5 Å². The van der Waals surface area contributed by atoms with Gasteiger partial charge in [-0.25, -0.2) is 17.2 Å². The van der Waals surface area contributed by atoms with Gasteiger partial charge in [0.25, 0.3) is 0 Å². The molecule has 2 rings (SSSR count). The molecule has 0 aliphatic carbocycles. The maximum absolute atomic E-state index is 13.5. The molecular formula is C20H24F2N2O4S. The van der Waals surface area contributed by atoms with Crippen LogP contribution < -0.4 is 14.4 Å². The summed E-state index contributed by atoms with van der Waals surface area (Å²) in [5.41, 5.74) is 1.62. The lowest BCUT2D eigenvalue weighted by molar-refractivity contribution is -0.120. The molecule has 2 aromatic rings. The van der Waals surface area contributed by atoms with Gasteiger partial charge >= 0.3 is 0 Å². The second-order valence-corrected chi connectivity index (χ2v) is 8.53. The second-order valence-electron chi connectivity index (χ2n) is 6.63. The third kappa shape index (κ3) is 5.66. The zero-order valence-electron chi connectivity index (χ0n) is 16.7. The van der Waals surface area contributed by atoms with Crippen molar-refractivity contribution < 1.29 is 26.7 Å². The lowest BCUT2D eigenvalue weighted by atomic mass is 10.0. The predicted molar refractivity (Wildman–Crippen MR) is 107 cm³/mol. The Hall–Kier alpha value is -2.68. The number of rotatable bonds is 8. The largest absolute Gasteiger partial charge is 0.496 e. The highest BCUT2D eigenvalue weighted by Crippen LogP contribution is 2.25. The number of methoxy groups -OCH3 is 1. The smallest absolute Gasteiger partial charge is 0.241 e. The number of sulfonamides is 1. The number of nitrogens with zero attached hydrogens (tertiary/aromatic N) is 1. The summed E-state index contributed by atoms with van der Waals surface area (Å²) in [7, 11) is -2.33. The third-order valence-electron chi connectivity index (χ3n) is 4.44. The van der Waals surface area contributed by atoms with Crippen LogP contribution in [0.1, 0.15) is 30.5 Å². The molecule has 2 aromatic carbocycles. The average molecular weight is 426 g/mol. The van der Waals surface area contributed by atoms with E-state index in [9.17, 15) is 22.0 Å². The molecule has 0 saturated carbocycles. The first kappa shape index (κ1) is 22.6. The van der Waals surface area contributed by atoms with Crippen LogP contribution in [0.3, 0.4) is 0 Å². The number of halogens is 2. The minimum atomic E-state index is -3.90. The number of amides is 1. The zero-order chi connectivity index (χ0) is 21.8. The molecule has 1 amide bonds. The van der Waals surface area contributed by atoms with Crippen LogP contribution in [0, 0.1) is 18.6 Å². The van der Waals surface area contributed by atoms with Gasteiger partial charge < -0.3 is 10.1 Å². The van der Waals surface area contributed by atoms with E-state index in [1.807, 2.05) is 26.0 Å². The summed E-state index contributed by atoms with van der Waals surface area (Å²) in [6.07, 6.45) is 1.47. The molecule has 1 N–H and O–H groups in total. The standard InChI is InChI=1S/C20H24F2N2O4S/c1-5-18(14-6-9-19(28-3)13(2)10-14)23-20(25)12-24(29(4,26)27)15-7-8-16(21)17(22)11-15/h6-11,18H,5,12H2,1-4H3,(H,23,25)/t18-/m0/s1. The van der Waals surface area contributed by atoms with E-state index in [1.165, 1.54) is 0 Å². The number of aryl methyl sites for hydroxylation is 1. The Balaban J connectivity index is 2.22. The van der Waals surface area contributed by atoms with Crippen LogP contribution in [0.25, 0.3) is 0 Å². The number of nitrogens with one attached hydrogen (secondary N) is 1. The normalized spacial score (nSPS) is 12.3. The minimum absolute atomic E-state index is 0.130. The van der Waals surface area contributed by atoms with E-state index in [1.54, 1.807) is 13.2 Å². The van der Waals surface area contributed by atoms with Crippen molar-refractivity contribution in [3.8, 4) is 5.75 Å². The Bertz CT molecular complexity index is 996. The van der Waals surface area contributed by atoms with Crippen LogP contribution >= 0.6 is 0 Å². The summed E-state index contributed by atoms with van der Waals surface area (Å²) in [6, 6.07) is 7.82. The highest BCUT2D eigenvalue weighted by atomic mass is 32.2. The fourth-order valence-electron chi connectivity index (χ4n) is 2.95. The van der Waals surface area contributed by atoms with Crippen LogP contribution in [-0.4, -0.2) is 34.2 Å². The summed E-state index contributed by atoms with van der Waals surface area (Å²) in [5.74, 6) is -2.15. The molecule has 0 saturated heterocycles. The van der Waals surface area contributed by atoms with Gasteiger partial charge in [0.15, 0.2) is 11.6 Å². The number of benzene rings is 2. The van der Waals surface area contributed by atoms with Crippen molar-refractivity contribution >= 4 is 21.6 Å². The van der Waals surface area contributed by atoms with Gasteiger partial charge in [0, 0.05) is 6.07 Å². The zero-order valence-corrected chi connectivity index (χ0v) is 17.5. The molecule has 9 heteroatoms. The summed E-state index contributed by atoms with van der Waals surface area (Å²) >= 11 is 0. The maximum Gasteiger partial charge on any atom is 0.241 e. The Kier molecular flexibility index (Phi) is 7.18. The van der Waals surface area contributed by atoms with E-state index >= 15 is 0 Å². The molecule has 0 fully saturated rings. The highest BCUT2D eigenvalue weighted by molar-refractivity contribution is 7.92. The molecule has 0 unspecified atom stereocenters. The van der Waals surface area contributed by atoms with Crippen molar-refractivity contribution in [3.05, 3.63) is 59.2 Å². The Labute approximate surface area is 169 Å². The molecular weight excluding hydrogens is 402 g/mol. The molecule has 0 bridgehead atoms. The molecule has 29 heavy (non-hydrogen) atoms. The minimum Gasteiger partial charge on any atom is -0.496 e. The van der Waals surface area contributed by atoms with Crippen molar-refractivity contribution in [3.63, 3.8) is 0 Å². The maximum atomic E-state index is 13.5. The lowest BCUT2D eigenvalue weighted by Gasteiger charge is -2.24. The molecule has 158 valence electrons. The molecule has 6 nitrogen and oxygen atoms in total. The van der Waals surface area contributed by atoms with Crippen molar-refractivity contribution in [2.24, 2.45) is 0 Å². The number of ether oxygens (including phenoxy) is 1. The second kappa shape index (κ2) is 9.21. The van der Waals surface area contributed by atoms with Gasteiger partial charge in [0.05, 0.1) is 25.1 Å². The van der Waals surface area contributed by atoms with Gasteiger partial charge in [-0.1, -0.05) is 19.1 Å². The molecule has 0 aliphatic heterocycles. The van der Waals surface area contributed by atoms with E-state index < -0.39 is 34.1 Å².